The van der Waals surface area contributed by atoms with E-state index in [0.717, 1.165) is 12.0 Å². The fourth-order valence-corrected chi connectivity index (χ4v) is 1.62. The largest absolute Gasteiger partial charge is 0.439 e. The van der Waals surface area contributed by atoms with Gasteiger partial charge < -0.3 is 10.5 Å². The smallest absolute Gasteiger partial charge is 0.219 e. The molecule has 18 heavy (non-hydrogen) atoms. The second-order valence-corrected chi connectivity index (χ2v) is 4.13. The van der Waals surface area contributed by atoms with Crippen molar-refractivity contribution in [2.45, 2.75) is 6.42 Å². The summed E-state index contributed by atoms with van der Waals surface area (Å²) >= 11 is 5.66. The Hall–Kier alpha value is -1.65. The molecule has 2 aromatic rings. The first kappa shape index (κ1) is 12.8. The van der Waals surface area contributed by atoms with Gasteiger partial charge in [-0.15, -0.1) is 0 Å². The van der Waals surface area contributed by atoms with Crippen LogP contribution >= 0.6 is 11.6 Å². The summed E-state index contributed by atoms with van der Waals surface area (Å²) in [5.74, 6) is 0.397. The lowest BCUT2D eigenvalue weighted by atomic mass is 10.2. The van der Waals surface area contributed by atoms with E-state index in [2.05, 4.69) is 4.98 Å². The van der Waals surface area contributed by atoms with Gasteiger partial charge in [-0.3, -0.25) is 0 Å². The molecule has 1 heterocycles. The monoisotopic (exact) mass is 266 g/mol. The lowest BCUT2D eigenvalue weighted by Gasteiger charge is -2.06. The number of hydrogen-bond donors (Lipinski definition) is 1. The molecule has 0 saturated heterocycles. The van der Waals surface area contributed by atoms with Crippen LogP contribution in [0.25, 0.3) is 0 Å². The minimum absolute atomic E-state index is 0.0206. The van der Waals surface area contributed by atoms with Crippen LogP contribution in [0.15, 0.2) is 36.5 Å². The molecule has 0 amide bonds. The molecule has 94 valence electrons. The molecule has 0 saturated carbocycles. The topological polar surface area (TPSA) is 48.1 Å². The van der Waals surface area contributed by atoms with E-state index in [-0.39, 0.29) is 5.02 Å². The molecule has 0 unspecified atom stereocenters. The highest BCUT2D eigenvalue weighted by Crippen LogP contribution is 2.24. The van der Waals surface area contributed by atoms with Gasteiger partial charge in [0.05, 0.1) is 5.02 Å². The lowest BCUT2D eigenvalue weighted by molar-refractivity contribution is 0.461. The van der Waals surface area contributed by atoms with Crippen molar-refractivity contribution >= 4 is 11.6 Å². The van der Waals surface area contributed by atoms with Crippen molar-refractivity contribution in [1.29, 1.82) is 0 Å². The molecule has 1 aromatic carbocycles. The van der Waals surface area contributed by atoms with Crippen molar-refractivity contribution in [1.82, 2.24) is 4.98 Å². The summed E-state index contributed by atoms with van der Waals surface area (Å²) in [6.07, 6.45) is 2.48. The zero-order valence-corrected chi connectivity index (χ0v) is 10.3. The van der Waals surface area contributed by atoms with Crippen molar-refractivity contribution in [2.24, 2.45) is 5.73 Å². The highest BCUT2D eigenvalue weighted by molar-refractivity contribution is 6.30. The highest BCUT2D eigenvalue weighted by Gasteiger charge is 2.03. The number of nitrogens with two attached hydrogens (primary N) is 1. The van der Waals surface area contributed by atoms with E-state index in [1.54, 1.807) is 12.3 Å². The van der Waals surface area contributed by atoms with Gasteiger partial charge in [-0.1, -0.05) is 17.7 Å². The second-order valence-electron chi connectivity index (χ2n) is 3.72. The normalized spacial score (nSPS) is 10.4. The van der Waals surface area contributed by atoms with Crippen LogP contribution in [0.1, 0.15) is 5.56 Å². The molecule has 2 rings (SSSR count). The van der Waals surface area contributed by atoms with Crippen LogP contribution in [0.2, 0.25) is 5.02 Å². The van der Waals surface area contributed by atoms with Crippen LogP contribution in [-0.4, -0.2) is 11.5 Å². The van der Waals surface area contributed by atoms with Crippen LogP contribution in [0.5, 0.6) is 11.6 Å². The second kappa shape index (κ2) is 5.80. The first-order valence-corrected chi connectivity index (χ1v) is 5.85. The number of benzene rings is 1. The molecule has 0 atom stereocenters. The summed E-state index contributed by atoms with van der Waals surface area (Å²) in [7, 11) is 0. The van der Waals surface area contributed by atoms with E-state index in [0.29, 0.717) is 18.2 Å². The number of aromatic nitrogens is 1. The molecule has 0 spiro atoms. The summed E-state index contributed by atoms with van der Waals surface area (Å²) < 4.78 is 18.4. The number of halogens is 2. The average Bonchev–Trinajstić information content (AvgIpc) is 2.37. The van der Waals surface area contributed by atoms with Gasteiger partial charge in [0, 0.05) is 18.3 Å². The summed E-state index contributed by atoms with van der Waals surface area (Å²) in [5.41, 5.74) is 6.49. The predicted octanol–water partition coefficient (Wildman–Crippen LogP) is 3.17. The van der Waals surface area contributed by atoms with Crippen molar-refractivity contribution in [3.8, 4) is 11.6 Å². The third-order valence-electron chi connectivity index (χ3n) is 2.34. The third-order valence-corrected chi connectivity index (χ3v) is 2.63. The van der Waals surface area contributed by atoms with E-state index in [1.807, 2.05) is 6.07 Å². The Morgan fingerprint density at radius 2 is 2.11 bits per heavy atom. The van der Waals surface area contributed by atoms with Crippen molar-refractivity contribution in [3.63, 3.8) is 0 Å². The quantitative estimate of drug-likeness (QED) is 0.925. The maximum Gasteiger partial charge on any atom is 0.219 e. The van der Waals surface area contributed by atoms with Gasteiger partial charge in [0.2, 0.25) is 5.88 Å². The molecule has 3 nitrogen and oxygen atoms in total. The molecule has 0 aliphatic heterocycles. The van der Waals surface area contributed by atoms with Crippen LogP contribution in [0.4, 0.5) is 4.39 Å². The number of ether oxygens (including phenoxy) is 1. The lowest BCUT2D eigenvalue weighted by Crippen LogP contribution is -2.02. The molecule has 0 radical (unpaired) electrons. The Morgan fingerprint density at radius 3 is 2.72 bits per heavy atom. The van der Waals surface area contributed by atoms with E-state index in [4.69, 9.17) is 22.1 Å². The number of pyridine rings is 1. The highest BCUT2D eigenvalue weighted by atomic mass is 35.5. The summed E-state index contributed by atoms with van der Waals surface area (Å²) in [4.78, 5) is 4.13. The molecule has 0 bridgehead atoms. The first-order valence-electron chi connectivity index (χ1n) is 5.47. The van der Waals surface area contributed by atoms with Crippen LogP contribution in [0.3, 0.4) is 0 Å². The molecule has 0 aliphatic rings. The molecular weight excluding hydrogens is 255 g/mol. The summed E-state index contributed by atoms with van der Waals surface area (Å²) in [5, 5.41) is 0.0206. The molecule has 1 aromatic heterocycles. The number of nitrogens with zero attached hydrogens (tertiary/aromatic N) is 1. The molecular formula is C13H12ClFN2O. The van der Waals surface area contributed by atoms with E-state index in [9.17, 15) is 4.39 Å². The van der Waals surface area contributed by atoms with Gasteiger partial charge in [0.15, 0.2) is 0 Å². The standard InChI is InChI=1S/C13H12ClFN2O/c14-11-7-10(2-3-12(11)15)18-13-4-1-9(5-6-16)8-17-13/h1-4,7-8H,5-6,16H2. The molecule has 2 N–H and O–H groups in total. The van der Waals surface area contributed by atoms with Gasteiger partial charge in [0.25, 0.3) is 0 Å². The fourth-order valence-electron chi connectivity index (χ4n) is 1.45. The Morgan fingerprint density at radius 1 is 1.28 bits per heavy atom. The van der Waals surface area contributed by atoms with Gasteiger partial charge in [0.1, 0.15) is 11.6 Å². The van der Waals surface area contributed by atoms with Gasteiger partial charge in [-0.25, -0.2) is 9.37 Å². The van der Waals surface area contributed by atoms with Crippen LogP contribution < -0.4 is 10.5 Å². The van der Waals surface area contributed by atoms with E-state index >= 15 is 0 Å². The summed E-state index contributed by atoms with van der Waals surface area (Å²) in [6, 6.07) is 7.78. The van der Waals surface area contributed by atoms with Crippen molar-refractivity contribution in [3.05, 3.63) is 52.9 Å². The van der Waals surface area contributed by atoms with Gasteiger partial charge in [-0.2, -0.15) is 0 Å². The SMILES string of the molecule is NCCc1ccc(Oc2ccc(F)c(Cl)c2)nc1. The Balaban J connectivity index is 2.10. The maximum absolute atomic E-state index is 13.0. The van der Waals surface area contributed by atoms with Crippen molar-refractivity contribution in [2.75, 3.05) is 6.54 Å². The van der Waals surface area contributed by atoms with E-state index in [1.165, 1.54) is 18.2 Å². The average molecular weight is 267 g/mol. The Bertz CT molecular complexity index is 531. The number of rotatable bonds is 4. The van der Waals surface area contributed by atoms with Gasteiger partial charge >= 0.3 is 0 Å². The zero-order chi connectivity index (χ0) is 13.0. The summed E-state index contributed by atoms with van der Waals surface area (Å²) in [6.45, 7) is 0.579. The van der Waals surface area contributed by atoms with Gasteiger partial charge in [-0.05, 0) is 30.7 Å². The minimum atomic E-state index is -0.477. The molecule has 0 aliphatic carbocycles. The van der Waals surface area contributed by atoms with Crippen LogP contribution in [-0.2, 0) is 6.42 Å². The fraction of sp³-hybridized carbons (Fsp3) is 0.154. The Kier molecular flexibility index (Phi) is 4.12. The molecule has 5 heteroatoms. The first-order chi connectivity index (χ1) is 8.69. The van der Waals surface area contributed by atoms with E-state index < -0.39 is 5.82 Å². The van der Waals surface area contributed by atoms with Crippen LogP contribution in [0, 0.1) is 5.82 Å². The number of hydrogen-bond acceptors (Lipinski definition) is 3. The molecule has 0 fully saturated rings. The third kappa shape index (κ3) is 3.18. The zero-order valence-electron chi connectivity index (χ0n) is 9.57. The maximum atomic E-state index is 13.0. The predicted molar refractivity (Wildman–Crippen MR) is 68.5 cm³/mol. The minimum Gasteiger partial charge on any atom is -0.439 e. The van der Waals surface area contributed by atoms with Crippen molar-refractivity contribution < 1.29 is 9.13 Å². The Labute approximate surface area is 109 Å².